The number of anilines is 1. The Kier molecular flexibility index (Phi) is 6.54. The Morgan fingerprint density at radius 1 is 1.04 bits per heavy atom. The van der Waals surface area contributed by atoms with Gasteiger partial charge in [0, 0.05) is 18.3 Å². The van der Waals surface area contributed by atoms with E-state index in [1.807, 2.05) is 19.9 Å². The van der Waals surface area contributed by atoms with E-state index < -0.39 is 12.6 Å². The van der Waals surface area contributed by atoms with Crippen molar-refractivity contribution in [3.8, 4) is 5.75 Å². The molecule has 2 amide bonds. The first-order valence-electron chi connectivity index (χ1n) is 8.34. The number of hydrogen-bond donors (Lipinski definition) is 2. The quantitative estimate of drug-likeness (QED) is 0.779. The van der Waals surface area contributed by atoms with E-state index in [0.29, 0.717) is 17.0 Å². The molecule has 0 aliphatic carbocycles. The molecule has 7 nitrogen and oxygen atoms in total. The predicted molar refractivity (Wildman–Crippen MR) is 101 cm³/mol. The molecule has 142 valence electrons. The molecule has 2 aromatic carbocycles. The number of rotatable bonds is 7. The van der Waals surface area contributed by atoms with Crippen LogP contribution in [0.4, 0.5) is 5.69 Å². The van der Waals surface area contributed by atoms with Crippen LogP contribution in [-0.2, 0) is 9.59 Å². The standard InChI is InChI=1S/C20H22N2O5/c1-13-4-5-15(10-14(13)2)20(26)21-11-18(23)22(3)16-6-8-17(9-7-16)27-12-19(24)25/h4-10H,11-12H2,1-3H3,(H,21,26)(H,24,25). The van der Waals surface area contributed by atoms with Crippen molar-refractivity contribution >= 4 is 23.5 Å². The topological polar surface area (TPSA) is 95.9 Å². The molecular weight excluding hydrogens is 348 g/mol. The first-order valence-corrected chi connectivity index (χ1v) is 8.34. The van der Waals surface area contributed by atoms with Gasteiger partial charge in [-0.2, -0.15) is 0 Å². The summed E-state index contributed by atoms with van der Waals surface area (Å²) in [7, 11) is 1.59. The number of carboxylic acids is 1. The monoisotopic (exact) mass is 370 g/mol. The fourth-order valence-corrected chi connectivity index (χ4v) is 2.31. The average molecular weight is 370 g/mol. The van der Waals surface area contributed by atoms with Crippen molar-refractivity contribution in [2.24, 2.45) is 0 Å². The zero-order valence-electron chi connectivity index (χ0n) is 15.5. The minimum atomic E-state index is -1.06. The first-order chi connectivity index (χ1) is 12.8. The summed E-state index contributed by atoms with van der Waals surface area (Å²) in [6.07, 6.45) is 0. The van der Waals surface area contributed by atoms with E-state index in [0.717, 1.165) is 11.1 Å². The molecule has 0 radical (unpaired) electrons. The van der Waals surface area contributed by atoms with Crippen molar-refractivity contribution in [2.45, 2.75) is 13.8 Å². The molecule has 0 atom stereocenters. The molecule has 0 unspecified atom stereocenters. The minimum Gasteiger partial charge on any atom is -0.482 e. The van der Waals surface area contributed by atoms with Gasteiger partial charge in [0.15, 0.2) is 6.61 Å². The summed E-state index contributed by atoms with van der Waals surface area (Å²) in [5.41, 5.74) is 3.21. The van der Waals surface area contributed by atoms with Gasteiger partial charge < -0.3 is 20.1 Å². The summed E-state index contributed by atoms with van der Waals surface area (Å²) in [5.74, 6) is -1.26. The lowest BCUT2D eigenvalue weighted by Crippen LogP contribution is -2.38. The van der Waals surface area contributed by atoms with Crippen LogP contribution in [0.1, 0.15) is 21.5 Å². The summed E-state index contributed by atoms with van der Waals surface area (Å²) in [5, 5.41) is 11.2. The van der Waals surface area contributed by atoms with Gasteiger partial charge in [0.1, 0.15) is 5.75 Å². The van der Waals surface area contributed by atoms with Crippen LogP contribution in [-0.4, -0.2) is 43.1 Å². The molecule has 0 fully saturated rings. The number of hydrogen-bond acceptors (Lipinski definition) is 4. The number of carbonyl (C=O) groups excluding carboxylic acids is 2. The van der Waals surface area contributed by atoms with E-state index in [4.69, 9.17) is 9.84 Å². The number of ether oxygens (including phenoxy) is 1. The van der Waals surface area contributed by atoms with Gasteiger partial charge in [-0.15, -0.1) is 0 Å². The zero-order valence-corrected chi connectivity index (χ0v) is 15.5. The molecule has 0 spiro atoms. The summed E-state index contributed by atoms with van der Waals surface area (Å²) < 4.78 is 5.05. The van der Waals surface area contributed by atoms with Crippen molar-refractivity contribution in [2.75, 3.05) is 25.1 Å². The largest absolute Gasteiger partial charge is 0.482 e. The lowest BCUT2D eigenvalue weighted by Gasteiger charge is -2.18. The van der Waals surface area contributed by atoms with E-state index >= 15 is 0 Å². The number of aliphatic carboxylic acids is 1. The second-order valence-electron chi connectivity index (χ2n) is 6.11. The van der Waals surface area contributed by atoms with Gasteiger partial charge in [-0.1, -0.05) is 6.07 Å². The molecule has 2 aromatic rings. The normalized spacial score (nSPS) is 10.2. The summed E-state index contributed by atoms with van der Waals surface area (Å²) in [6, 6.07) is 11.8. The fraction of sp³-hybridized carbons (Fsp3) is 0.250. The highest BCUT2D eigenvalue weighted by Gasteiger charge is 2.14. The van der Waals surface area contributed by atoms with Gasteiger partial charge >= 0.3 is 5.97 Å². The van der Waals surface area contributed by atoms with Crippen LogP contribution in [0.15, 0.2) is 42.5 Å². The van der Waals surface area contributed by atoms with Crippen molar-refractivity contribution in [3.63, 3.8) is 0 Å². The SMILES string of the molecule is Cc1ccc(C(=O)NCC(=O)N(C)c2ccc(OCC(=O)O)cc2)cc1C. The molecule has 0 heterocycles. The van der Waals surface area contributed by atoms with E-state index in [1.54, 1.807) is 43.4 Å². The van der Waals surface area contributed by atoms with Gasteiger partial charge in [-0.3, -0.25) is 9.59 Å². The van der Waals surface area contributed by atoms with Gasteiger partial charge in [-0.05, 0) is 61.4 Å². The molecule has 27 heavy (non-hydrogen) atoms. The molecular formula is C20H22N2O5. The van der Waals surface area contributed by atoms with Crippen LogP contribution in [0, 0.1) is 13.8 Å². The van der Waals surface area contributed by atoms with Crippen LogP contribution in [0.3, 0.4) is 0 Å². The Hall–Kier alpha value is -3.35. The number of aryl methyl sites for hydroxylation is 2. The minimum absolute atomic E-state index is 0.139. The van der Waals surface area contributed by atoms with Crippen LogP contribution in [0.2, 0.25) is 0 Å². The third-order valence-electron chi connectivity index (χ3n) is 4.13. The van der Waals surface area contributed by atoms with Gasteiger partial charge in [0.2, 0.25) is 5.91 Å². The van der Waals surface area contributed by atoms with Crippen LogP contribution < -0.4 is 15.0 Å². The number of carbonyl (C=O) groups is 3. The second kappa shape index (κ2) is 8.84. The van der Waals surface area contributed by atoms with Gasteiger partial charge in [0.05, 0.1) is 6.54 Å². The fourth-order valence-electron chi connectivity index (χ4n) is 2.31. The third-order valence-corrected chi connectivity index (χ3v) is 4.13. The maximum Gasteiger partial charge on any atom is 0.341 e. The van der Waals surface area contributed by atoms with Crippen LogP contribution in [0.5, 0.6) is 5.75 Å². The maximum absolute atomic E-state index is 12.3. The maximum atomic E-state index is 12.3. The Morgan fingerprint density at radius 2 is 1.70 bits per heavy atom. The Balaban J connectivity index is 1.91. The Morgan fingerprint density at radius 3 is 2.30 bits per heavy atom. The second-order valence-corrected chi connectivity index (χ2v) is 6.11. The van der Waals surface area contributed by atoms with Crippen LogP contribution in [0.25, 0.3) is 0 Å². The molecule has 0 bridgehead atoms. The van der Waals surface area contributed by atoms with Crippen molar-refractivity contribution in [1.29, 1.82) is 0 Å². The molecule has 0 saturated carbocycles. The average Bonchev–Trinajstić information content (AvgIpc) is 2.66. The number of likely N-dealkylation sites (N-methyl/N-ethyl adjacent to an activating group) is 1. The van der Waals surface area contributed by atoms with Gasteiger partial charge in [0.25, 0.3) is 5.91 Å². The van der Waals surface area contributed by atoms with E-state index in [-0.39, 0.29) is 18.4 Å². The number of amides is 2. The van der Waals surface area contributed by atoms with Gasteiger partial charge in [-0.25, -0.2) is 4.79 Å². The molecule has 2 rings (SSSR count). The highest BCUT2D eigenvalue weighted by Crippen LogP contribution is 2.18. The highest BCUT2D eigenvalue weighted by molar-refractivity contribution is 6.00. The summed E-state index contributed by atoms with van der Waals surface area (Å²) >= 11 is 0. The molecule has 2 N–H and O–H groups in total. The molecule has 7 heteroatoms. The van der Waals surface area contributed by atoms with Crippen molar-refractivity contribution in [1.82, 2.24) is 5.32 Å². The lowest BCUT2D eigenvalue weighted by atomic mass is 10.1. The molecule has 0 aliphatic rings. The Labute approximate surface area is 157 Å². The first kappa shape index (κ1) is 20.0. The smallest absolute Gasteiger partial charge is 0.341 e. The van der Waals surface area contributed by atoms with E-state index in [9.17, 15) is 14.4 Å². The summed E-state index contributed by atoms with van der Waals surface area (Å²) in [6.45, 7) is 3.32. The number of nitrogens with zero attached hydrogens (tertiary/aromatic N) is 1. The number of benzene rings is 2. The molecule has 0 aromatic heterocycles. The lowest BCUT2D eigenvalue weighted by molar-refractivity contribution is -0.139. The van der Waals surface area contributed by atoms with Crippen LogP contribution >= 0.6 is 0 Å². The summed E-state index contributed by atoms with van der Waals surface area (Å²) in [4.78, 5) is 36.4. The van der Waals surface area contributed by atoms with Crippen molar-refractivity contribution < 1.29 is 24.2 Å². The molecule has 0 aliphatic heterocycles. The number of carboxylic acid groups (broad SMARTS) is 1. The highest BCUT2D eigenvalue weighted by atomic mass is 16.5. The Bertz CT molecular complexity index is 846. The third kappa shape index (κ3) is 5.57. The number of nitrogens with one attached hydrogen (secondary N) is 1. The zero-order chi connectivity index (χ0) is 20.0. The van der Waals surface area contributed by atoms with Crippen molar-refractivity contribution in [3.05, 3.63) is 59.2 Å². The predicted octanol–water partition coefficient (Wildman–Crippen LogP) is 2.16. The van der Waals surface area contributed by atoms with E-state index in [2.05, 4.69) is 5.32 Å². The molecule has 0 saturated heterocycles. The van der Waals surface area contributed by atoms with E-state index in [1.165, 1.54) is 4.90 Å².